The lowest BCUT2D eigenvalue weighted by atomic mass is 9.98. The topological polar surface area (TPSA) is 33.1 Å². The fourth-order valence-corrected chi connectivity index (χ4v) is 2.77. The lowest BCUT2D eigenvalue weighted by Crippen LogP contribution is -2.14. The zero-order chi connectivity index (χ0) is 14.7. The van der Waals surface area contributed by atoms with Gasteiger partial charge in [-0.05, 0) is 43.0 Å². The van der Waals surface area contributed by atoms with E-state index in [0.29, 0.717) is 12.8 Å². The normalized spacial score (nSPS) is 12.5. The highest BCUT2D eigenvalue weighted by atomic mass is 16.3. The van der Waals surface area contributed by atoms with Gasteiger partial charge in [0.15, 0.2) is 0 Å². The number of pyridine rings is 1. The minimum Gasteiger partial charge on any atom is -0.392 e. The molecule has 0 spiro atoms. The van der Waals surface area contributed by atoms with Crippen molar-refractivity contribution in [1.29, 1.82) is 0 Å². The molecule has 3 aromatic rings. The van der Waals surface area contributed by atoms with E-state index in [-0.39, 0.29) is 6.10 Å². The summed E-state index contributed by atoms with van der Waals surface area (Å²) in [4.78, 5) is 4.36. The van der Waals surface area contributed by atoms with Crippen molar-refractivity contribution in [3.8, 4) is 0 Å². The van der Waals surface area contributed by atoms with Crippen LogP contribution in [0.5, 0.6) is 0 Å². The van der Waals surface area contributed by atoms with Gasteiger partial charge in [-0.1, -0.05) is 48.0 Å². The first-order valence-electron chi connectivity index (χ1n) is 7.28. The number of hydrogen-bond acceptors (Lipinski definition) is 2. The highest BCUT2D eigenvalue weighted by Gasteiger charge is 2.09. The van der Waals surface area contributed by atoms with Gasteiger partial charge in [-0.25, -0.2) is 0 Å². The van der Waals surface area contributed by atoms with Crippen molar-refractivity contribution in [2.45, 2.75) is 25.9 Å². The van der Waals surface area contributed by atoms with Crippen LogP contribution in [0.1, 0.15) is 16.7 Å². The molecule has 0 amide bonds. The van der Waals surface area contributed by atoms with E-state index in [4.69, 9.17) is 0 Å². The molecule has 1 heterocycles. The van der Waals surface area contributed by atoms with Crippen LogP contribution in [-0.4, -0.2) is 16.2 Å². The second-order valence-electron chi connectivity index (χ2n) is 5.54. The van der Waals surface area contributed by atoms with Gasteiger partial charge in [-0.3, -0.25) is 4.98 Å². The lowest BCUT2D eigenvalue weighted by molar-refractivity contribution is 0.176. The zero-order valence-electron chi connectivity index (χ0n) is 12.2. The molecule has 1 atom stereocenters. The smallest absolute Gasteiger partial charge is 0.0704 e. The Morgan fingerprint density at radius 3 is 2.71 bits per heavy atom. The maximum Gasteiger partial charge on any atom is 0.0704 e. The Labute approximate surface area is 125 Å². The number of aromatic nitrogens is 1. The molecule has 1 aromatic heterocycles. The van der Waals surface area contributed by atoms with Gasteiger partial charge in [-0.15, -0.1) is 0 Å². The number of rotatable bonds is 4. The summed E-state index contributed by atoms with van der Waals surface area (Å²) in [5.41, 5.74) is 4.55. The number of aliphatic hydroxyl groups is 1. The summed E-state index contributed by atoms with van der Waals surface area (Å²) in [6.45, 7) is 2.08. The predicted octanol–water partition coefficient (Wildman–Crippen LogP) is 3.69. The quantitative estimate of drug-likeness (QED) is 0.789. The molecule has 2 heteroatoms. The molecule has 0 fully saturated rings. The van der Waals surface area contributed by atoms with E-state index in [1.807, 2.05) is 36.5 Å². The SMILES string of the molecule is Cc1cccc(CC(O)Cc2ccnc3ccccc23)c1. The number of hydrogen-bond donors (Lipinski definition) is 1. The van der Waals surface area contributed by atoms with Crippen molar-refractivity contribution < 1.29 is 5.11 Å². The second-order valence-corrected chi connectivity index (χ2v) is 5.54. The van der Waals surface area contributed by atoms with Crippen LogP contribution in [0.15, 0.2) is 60.8 Å². The fraction of sp³-hybridized carbons (Fsp3) is 0.211. The molecular formula is C19H19NO. The number of para-hydroxylation sites is 1. The van der Waals surface area contributed by atoms with E-state index in [9.17, 15) is 5.11 Å². The second kappa shape index (κ2) is 6.06. The minimum atomic E-state index is -0.377. The van der Waals surface area contributed by atoms with Gasteiger partial charge in [0.25, 0.3) is 0 Å². The fourth-order valence-electron chi connectivity index (χ4n) is 2.77. The van der Waals surface area contributed by atoms with Gasteiger partial charge >= 0.3 is 0 Å². The first-order chi connectivity index (χ1) is 10.2. The molecule has 0 radical (unpaired) electrons. The van der Waals surface area contributed by atoms with Crippen molar-refractivity contribution >= 4 is 10.9 Å². The largest absolute Gasteiger partial charge is 0.392 e. The summed E-state index contributed by atoms with van der Waals surface area (Å²) >= 11 is 0. The molecule has 1 N–H and O–H groups in total. The number of nitrogens with zero attached hydrogens (tertiary/aromatic N) is 1. The van der Waals surface area contributed by atoms with Gasteiger partial charge in [0, 0.05) is 11.6 Å². The van der Waals surface area contributed by atoms with Gasteiger partial charge in [0.05, 0.1) is 11.6 Å². The van der Waals surface area contributed by atoms with Gasteiger partial charge in [0.1, 0.15) is 0 Å². The summed E-state index contributed by atoms with van der Waals surface area (Å²) in [6.07, 6.45) is 2.77. The van der Waals surface area contributed by atoms with Crippen molar-refractivity contribution in [3.05, 3.63) is 77.5 Å². The van der Waals surface area contributed by atoms with Crippen LogP contribution in [0.3, 0.4) is 0 Å². The van der Waals surface area contributed by atoms with Crippen LogP contribution in [0.25, 0.3) is 10.9 Å². The maximum atomic E-state index is 10.4. The minimum absolute atomic E-state index is 0.377. The maximum absolute atomic E-state index is 10.4. The highest BCUT2D eigenvalue weighted by molar-refractivity contribution is 5.81. The zero-order valence-corrected chi connectivity index (χ0v) is 12.2. The number of aliphatic hydroxyl groups excluding tert-OH is 1. The number of aryl methyl sites for hydroxylation is 1. The Morgan fingerprint density at radius 1 is 1.00 bits per heavy atom. The molecular weight excluding hydrogens is 258 g/mol. The molecule has 106 valence electrons. The summed E-state index contributed by atoms with van der Waals surface area (Å²) in [5.74, 6) is 0. The van der Waals surface area contributed by atoms with Crippen LogP contribution in [0, 0.1) is 6.92 Å². The van der Waals surface area contributed by atoms with Crippen LogP contribution in [0.4, 0.5) is 0 Å². The first-order valence-corrected chi connectivity index (χ1v) is 7.28. The van der Waals surface area contributed by atoms with E-state index >= 15 is 0 Å². The average molecular weight is 277 g/mol. The highest BCUT2D eigenvalue weighted by Crippen LogP contribution is 2.19. The molecule has 0 aliphatic rings. The number of fused-ring (bicyclic) bond motifs is 1. The molecule has 0 saturated carbocycles. The van der Waals surface area contributed by atoms with E-state index < -0.39 is 0 Å². The van der Waals surface area contributed by atoms with E-state index in [1.165, 1.54) is 11.1 Å². The molecule has 1 unspecified atom stereocenters. The van der Waals surface area contributed by atoms with Gasteiger partial charge in [0.2, 0.25) is 0 Å². The Kier molecular flexibility index (Phi) is 3.98. The molecule has 2 aromatic carbocycles. The van der Waals surface area contributed by atoms with Crippen molar-refractivity contribution in [2.24, 2.45) is 0 Å². The number of benzene rings is 2. The van der Waals surface area contributed by atoms with E-state index in [2.05, 4.69) is 36.2 Å². The third-order valence-corrected chi connectivity index (χ3v) is 3.75. The molecule has 3 rings (SSSR count). The third-order valence-electron chi connectivity index (χ3n) is 3.75. The predicted molar refractivity (Wildman–Crippen MR) is 86.3 cm³/mol. The first kappa shape index (κ1) is 13.8. The molecule has 0 bridgehead atoms. The van der Waals surface area contributed by atoms with Gasteiger partial charge < -0.3 is 5.11 Å². The Bertz CT molecular complexity index is 746. The average Bonchev–Trinajstić information content (AvgIpc) is 2.47. The van der Waals surface area contributed by atoms with Gasteiger partial charge in [-0.2, -0.15) is 0 Å². The standard InChI is InChI=1S/C19H19NO/c1-14-5-4-6-15(11-14)12-17(21)13-16-9-10-20-19-8-3-2-7-18(16)19/h2-11,17,21H,12-13H2,1H3. The van der Waals surface area contributed by atoms with Crippen LogP contribution < -0.4 is 0 Å². The summed E-state index contributed by atoms with van der Waals surface area (Å²) in [5, 5.41) is 11.5. The molecule has 0 aliphatic heterocycles. The summed E-state index contributed by atoms with van der Waals surface area (Å²) in [7, 11) is 0. The monoisotopic (exact) mass is 277 g/mol. The molecule has 21 heavy (non-hydrogen) atoms. The van der Waals surface area contributed by atoms with Crippen LogP contribution in [0.2, 0.25) is 0 Å². The Morgan fingerprint density at radius 2 is 1.86 bits per heavy atom. The van der Waals surface area contributed by atoms with Crippen molar-refractivity contribution in [3.63, 3.8) is 0 Å². The van der Waals surface area contributed by atoms with Crippen molar-refractivity contribution in [1.82, 2.24) is 4.98 Å². The third kappa shape index (κ3) is 3.29. The molecule has 0 saturated heterocycles. The Balaban J connectivity index is 1.79. The van der Waals surface area contributed by atoms with Crippen molar-refractivity contribution in [2.75, 3.05) is 0 Å². The summed E-state index contributed by atoms with van der Waals surface area (Å²) < 4.78 is 0. The summed E-state index contributed by atoms with van der Waals surface area (Å²) in [6, 6.07) is 18.4. The van der Waals surface area contributed by atoms with Crippen LogP contribution in [-0.2, 0) is 12.8 Å². The Hall–Kier alpha value is -2.19. The van der Waals surface area contributed by atoms with E-state index in [1.54, 1.807) is 0 Å². The van der Waals surface area contributed by atoms with E-state index in [0.717, 1.165) is 16.5 Å². The molecule has 2 nitrogen and oxygen atoms in total. The molecule has 0 aliphatic carbocycles. The lowest BCUT2D eigenvalue weighted by Gasteiger charge is -2.13. The van der Waals surface area contributed by atoms with Crippen LogP contribution >= 0.6 is 0 Å².